The summed E-state index contributed by atoms with van der Waals surface area (Å²) in [5.41, 5.74) is 0. The second-order valence-corrected chi connectivity index (χ2v) is 8.62. The summed E-state index contributed by atoms with van der Waals surface area (Å²) in [6, 6.07) is 0. The van der Waals surface area contributed by atoms with Gasteiger partial charge in [-0.05, 0) is 18.4 Å². The van der Waals surface area contributed by atoms with Crippen molar-refractivity contribution in [3.63, 3.8) is 0 Å². The van der Waals surface area contributed by atoms with Gasteiger partial charge in [-0.15, -0.1) is 0 Å². The summed E-state index contributed by atoms with van der Waals surface area (Å²) in [6.45, 7) is 2.65. The molecule has 0 unspecified atom stereocenters. The predicted molar refractivity (Wildman–Crippen MR) is 39.7 cm³/mol. The minimum atomic E-state index is -2.14. The minimum Gasteiger partial charge on any atom is -0.266 e. The topological polar surface area (TPSA) is 12.0 Å². The largest absolute Gasteiger partial charge is 0.266 e. The smallest absolute Gasteiger partial charge is 0.181 e. The second kappa shape index (κ2) is 3.26. The Balaban J connectivity index is 3.36. The summed E-state index contributed by atoms with van der Waals surface area (Å²) >= 11 is 15.4. The molecular formula is C2H6Cl2NPS. The Morgan fingerprint density at radius 3 is 2.14 bits per heavy atom. The lowest BCUT2D eigenvalue weighted by molar-refractivity contribution is 1.03. The number of rotatable bonds is 2. The van der Waals surface area contributed by atoms with Crippen molar-refractivity contribution in [2.45, 2.75) is 6.92 Å². The third kappa shape index (κ3) is 7.19. The first-order valence-electron chi connectivity index (χ1n) is 1.80. The Morgan fingerprint density at radius 2 is 2.14 bits per heavy atom. The van der Waals surface area contributed by atoms with E-state index < -0.39 is 4.89 Å². The SMILES string of the molecule is CCNP(=S)(Cl)Cl. The first-order valence-corrected chi connectivity index (χ1v) is 6.42. The fourth-order valence-corrected chi connectivity index (χ4v) is 1.66. The number of nitrogens with one attached hydrogen (secondary N) is 1. The van der Waals surface area contributed by atoms with Crippen LogP contribution in [0, 0.1) is 0 Å². The van der Waals surface area contributed by atoms with Crippen molar-refractivity contribution in [1.82, 2.24) is 5.09 Å². The van der Waals surface area contributed by atoms with Crippen molar-refractivity contribution < 1.29 is 0 Å². The lowest BCUT2D eigenvalue weighted by atomic mass is 10.8. The molecule has 1 N–H and O–H groups in total. The van der Waals surface area contributed by atoms with E-state index >= 15 is 0 Å². The van der Waals surface area contributed by atoms with Gasteiger partial charge >= 0.3 is 0 Å². The van der Waals surface area contributed by atoms with Crippen LogP contribution >= 0.6 is 27.4 Å². The van der Waals surface area contributed by atoms with Crippen molar-refractivity contribution >= 4 is 39.2 Å². The molecule has 0 saturated carbocycles. The van der Waals surface area contributed by atoms with Crippen molar-refractivity contribution in [2.75, 3.05) is 6.54 Å². The molecule has 0 heterocycles. The van der Waals surface area contributed by atoms with E-state index in [0.717, 1.165) is 6.54 Å². The van der Waals surface area contributed by atoms with Crippen LogP contribution in [0.4, 0.5) is 0 Å². The molecule has 1 nitrogen and oxygen atoms in total. The zero-order valence-corrected chi connectivity index (χ0v) is 7.04. The molecule has 0 bridgehead atoms. The highest BCUT2D eigenvalue weighted by Crippen LogP contribution is 2.52. The molecule has 0 aromatic carbocycles. The Kier molecular flexibility index (Phi) is 3.82. The van der Waals surface area contributed by atoms with Gasteiger partial charge in [-0.25, -0.2) is 0 Å². The first-order chi connectivity index (χ1) is 3.06. The van der Waals surface area contributed by atoms with Gasteiger partial charge < -0.3 is 0 Å². The number of hydrogen-bond acceptors (Lipinski definition) is 1. The number of hydrogen-bond donors (Lipinski definition) is 1. The summed E-state index contributed by atoms with van der Waals surface area (Å²) in [6.07, 6.45) is 0. The molecule has 0 amide bonds. The summed E-state index contributed by atoms with van der Waals surface area (Å²) in [7, 11) is 0. The molecule has 0 aromatic rings. The molecule has 0 rings (SSSR count). The highest BCUT2D eigenvalue weighted by Gasteiger charge is 2.01. The van der Waals surface area contributed by atoms with E-state index in [1.165, 1.54) is 0 Å². The molecular weight excluding hydrogens is 172 g/mol. The molecule has 5 heteroatoms. The second-order valence-electron chi connectivity index (χ2n) is 0.974. The fourth-order valence-electron chi connectivity index (χ4n) is 0.184. The van der Waals surface area contributed by atoms with Crippen LogP contribution in [0.5, 0.6) is 0 Å². The van der Waals surface area contributed by atoms with E-state index in [2.05, 4.69) is 16.9 Å². The first kappa shape index (κ1) is 8.19. The van der Waals surface area contributed by atoms with E-state index in [1.54, 1.807) is 0 Å². The van der Waals surface area contributed by atoms with Gasteiger partial charge in [-0.2, -0.15) is 0 Å². The zero-order chi connectivity index (χ0) is 5.91. The Labute approximate surface area is 58.0 Å². The molecule has 0 aliphatic rings. The molecule has 0 fully saturated rings. The highest BCUT2D eigenvalue weighted by atomic mass is 35.9. The van der Waals surface area contributed by atoms with Crippen molar-refractivity contribution in [3.05, 3.63) is 0 Å². The maximum atomic E-state index is 5.41. The van der Waals surface area contributed by atoms with Crippen LogP contribution in [0.15, 0.2) is 0 Å². The van der Waals surface area contributed by atoms with Crippen LogP contribution in [-0.4, -0.2) is 6.54 Å². The predicted octanol–water partition coefficient (Wildman–Crippen LogP) is 2.30. The average Bonchev–Trinajstić information content (AvgIpc) is 1.30. The lowest BCUT2D eigenvalue weighted by Crippen LogP contribution is -2.00. The van der Waals surface area contributed by atoms with Gasteiger partial charge in [0.2, 0.25) is 0 Å². The van der Waals surface area contributed by atoms with E-state index in [0.29, 0.717) is 0 Å². The van der Waals surface area contributed by atoms with E-state index in [9.17, 15) is 0 Å². The normalized spacial score (nSPS) is 11.9. The van der Waals surface area contributed by atoms with Gasteiger partial charge in [-0.1, -0.05) is 29.4 Å². The molecule has 0 aliphatic carbocycles. The van der Waals surface area contributed by atoms with Crippen LogP contribution in [0.25, 0.3) is 0 Å². The molecule has 0 saturated heterocycles. The van der Waals surface area contributed by atoms with Gasteiger partial charge in [0.1, 0.15) is 0 Å². The van der Waals surface area contributed by atoms with Crippen LogP contribution < -0.4 is 5.09 Å². The quantitative estimate of drug-likeness (QED) is 0.651. The highest BCUT2D eigenvalue weighted by molar-refractivity contribution is 8.38. The van der Waals surface area contributed by atoms with E-state index in [1.807, 2.05) is 6.92 Å². The van der Waals surface area contributed by atoms with Gasteiger partial charge in [0, 0.05) is 0 Å². The molecule has 0 aliphatic heterocycles. The number of halogens is 2. The summed E-state index contributed by atoms with van der Waals surface area (Å²) < 4.78 is 0. The van der Waals surface area contributed by atoms with Gasteiger partial charge in [0.15, 0.2) is 4.89 Å². The Bertz CT molecular complexity index is 89.7. The van der Waals surface area contributed by atoms with E-state index in [4.69, 9.17) is 22.5 Å². The maximum Gasteiger partial charge on any atom is 0.181 e. The molecule has 0 aromatic heterocycles. The van der Waals surface area contributed by atoms with Gasteiger partial charge in [0.05, 0.1) is 0 Å². The van der Waals surface area contributed by atoms with E-state index in [-0.39, 0.29) is 0 Å². The summed E-state index contributed by atoms with van der Waals surface area (Å²) in [4.78, 5) is -2.14. The van der Waals surface area contributed by atoms with Gasteiger partial charge in [-0.3, -0.25) is 5.09 Å². The van der Waals surface area contributed by atoms with Crippen molar-refractivity contribution in [2.24, 2.45) is 0 Å². The van der Waals surface area contributed by atoms with Crippen LogP contribution in [0.3, 0.4) is 0 Å². The molecule has 7 heavy (non-hydrogen) atoms. The van der Waals surface area contributed by atoms with Crippen LogP contribution in [0.2, 0.25) is 0 Å². The standard InChI is InChI=1S/C2H6Cl2NPS/c1-2-5-6(3,4)7/h2H2,1H3,(H,5,7). The maximum absolute atomic E-state index is 5.41. The monoisotopic (exact) mass is 177 g/mol. The minimum absolute atomic E-state index is 0.740. The van der Waals surface area contributed by atoms with Crippen LogP contribution in [0.1, 0.15) is 6.92 Å². The lowest BCUT2D eigenvalue weighted by Gasteiger charge is -2.01. The Hall–Kier alpha value is 1.19. The van der Waals surface area contributed by atoms with Crippen molar-refractivity contribution in [1.29, 1.82) is 0 Å². The summed E-state index contributed by atoms with van der Waals surface area (Å²) in [5.74, 6) is 0. The van der Waals surface area contributed by atoms with Gasteiger partial charge in [0.25, 0.3) is 0 Å². The molecule has 0 radical (unpaired) electrons. The third-order valence-electron chi connectivity index (χ3n) is 0.342. The average molecular weight is 178 g/mol. The molecule has 0 spiro atoms. The molecule has 44 valence electrons. The fraction of sp³-hybridized carbons (Fsp3) is 1.00. The zero-order valence-electron chi connectivity index (χ0n) is 3.82. The Morgan fingerprint density at radius 1 is 1.71 bits per heavy atom. The van der Waals surface area contributed by atoms with Crippen molar-refractivity contribution in [3.8, 4) is 0 Å². The third-order valence-corrected chi connectivity index (χ3v) is 2.13. The molecule has 0 atom stereocenters. The summed E-state index contributed by atoms with van der Waals surface area (Å²) in [5, 5.41) is 2.74. The van der Waals surface area contributed by atoms with Crippen LogP contribution in [-0.2, 0) is 11.8 Å².